The summed E-state index contributed by atoms with van der Waals surface area (Å²) in [7, 11) is 5.22. The number of anilines is 1. The minimum Gasteiger partial charge on any atom is -0.493 e. The zero-order valence-electron chi connectivity index (χ0n) is 20.2. The number of benzene rings is 1. The largest absolute Gasteiger partial charge is 0.493 e. The number of ether oxygens (including phenoxy) is 3. The van der Waals surface area contributed by atoms with Crippen molar-refractivity contribution in [1.82, 2.24) is 15.4 Å². The van der Waals surface area contributed by atoms with Gasteiger partial charge in [0.2, 0.25) is 5.95 Å². The number of hydrogen-bond donors (Lipinski definition) is 1. The molecule has 34 heavy (non-hydrogen) atoms. The molecular formula is C24H32N4O6. The number of carbonyl (C=O) groups excluding carboxylic acids is 2. The minimum absolute atomic E-state index is 0.0941. The summed E-state index contributed by atoms with van der Waals surface area (Å²) in [6.45, 7) is 3.81. The fraction of sp³-hybridized carbons (Fsp3) is 0.500. The third-order valence-electron chi connectivity index (χ3n) is 5.63. The van der Waals surface area contributed by atoms with Gasteiger partial charge in [-0.05, 0) is 43.9 Å². The Balaban J connectivity index is 1.77. The van der Waals surface area contributed by atoms with E-state index in [9.17, 15) is 9.59 Å². The third-order valence-corrected chi connectivity index (χ3v) is 5.63. The molecule has 0 unspecified atom stereocenters. The van der Waals surface area contributed by atoms with E-state index in [0.29, 0.717) is 43.3 Å². The van der Waals surface area contributed by atoms with Gasteiger partial charge in [-0.3, -0.25) is 4.79 Å². The molecule has 1 fully saturated rings. The van der Waals surface area contributed by atoms with Crippen LogP contribution in [0.25, 0.3) is 0 Å². The second-order valence-corrected chi connectivity index (χ2v) is 8.27. The maximum Gasteiger partial charge on any atom is 0.359 e. The first kappa shape index (κ1) is 25.2. The molecule has 0 amide bonds. The van der Waals surface area contributed by atoms with Crippen molar-refractivity contribution >= 4 is 17.9 Å². The second kappa shape index (κ2) is 11.6. The highest BCUT2D eigenvalue weighted by Crippen LogP contribution is 2.38. The van der Waals surface area contributed by atoms with Crippen LogP contribution >= 0.6 is 0 Å². The van der Waals surface area contributed by atoms with Crippen LogP contribution in [0.3, 0.4) is 0 Å². The van der Waals surface area contributed by atoms with Crippen molar-refractivity contribution in [3.05, 3.63) is 41.7 Å². The number of aromatic nitrogens is 2. The molecule has 184 valence electrons. The lowest BCUT2D eigenvalue weighted by molar-refractivity contribution is -0.148. The summed E-state index contributed by atoms with van der Waals surface area (Å²) in [5.74, 6) is 0.783. The van der Waals surface area contributed by atoms with Crippen molar-refractivity contribution in [2.75, 3.05) is 32.7 Å². The van der Waals surface area contributed by atoms with Crippen LogP contribution in [0, 0.1) is 0 Å². The van der Waals surface area contributed by atoms with Crippen LogP contribution in [0.2, 0.25) is 0 Å². The fourth-order valence-electron chi connectivity index (χ4n) is 4.02. The van der Waals surface area contributed by atoms with Crippen molar-refractivity contribution in [3.63, 3.8) is 0 Å². The number of rotatable bonds is 9. The summed E-state index contributed by atoms with van der Waals surface area (Å²) in [5, 5.41) is 0. The Bertz CT molecular complexity index is 982. The van der Waals surface area contributed by atoms with Crippen molar-refractivity contribution in [2.24, 2.45) is 0 Å². The number of hydrogen-bond acceptors (Lipinski definition) is 10. The smallest absolute Gasteiger partial charge is 0.359 e. The Kier molecular flexibility index (Phi) is 8.64. The molecule has 0 bridgehead atoms. The number of nitrogens with one attached hydrogen (secondary N) is 1. The number of nitrogens with zero attached hydrogens (tertiary/aromatic N) is 3. The normalized spacial score (nSPS) is 19.7. The molecule has 1 aliphatic carbocycles. The summed E-state index contributed by atoms with van der Waals surface area (Å²) in [6.07, 6.45) is 4.51. The molecule has 1 saturated carbocycles. The van der Waals surface area contributed by atoms with Gasteiger partial charge in [0.15, 0.2) is 11.5 Å². The molecule has 3 rings (SSSR count). The van der Waals surface area contributed by atoms with Crippen molar-refractivity contribution < 1.29 is 28.6 Å². The average Bonchev–Trinajstić information content (AvgIpc) is 2.82. The molecule has 1 aliphatic rings. The topological polar surface area (TPSA) is 112 Å². The monoisotopic (exact) mass is 472 g/mol. The zero-order chi connectivity index (χ0) is 24.7. The first-order chi connectivity index (χ1) is 16.3. The van der Waals surface area contributed by atoms with Crippen molar-refractivity contribution in [3.8, 4) is 11.5 Å². The quantitative estimate of drug-likeness (QED) is 0.432. The van der Waals surface area contributed by atoms with Crippen LogP contribution in [-0.4, -0.2) is 61.9 Å². The van der Waals surface area contributed by atoms with Gasteiger partial charge >= 0.3 is 11.9 Å². The second-order valence-electron chi connectivity index (χ2n) is 8.27. The molecule has 10 heteroatoms. The van der Waals surface area contributed by atoms with Gasteiger partial charge in [0, 0.05) is 39.3 Å². The number of esters is 1. The van der Waals surface area contributed by atoms with E-state index in [2.05, 4.69) is 15.4 Å². The molecule has 0 saturated heterocycles. The Morgan fingerprint density at radius 2 is 1.88 bits per heavy atom. The first-order valence-corrected chi connectivity index (χ1v) is 11.3. The number of carbonyl (C=O) groups is 2. The molecule has 1 N–H and O–H groups in total. The Hall–Kier alpha value is -3.40. The zero-order valence-corrected chi connectivity index (χ0v) is 20.2. The summed E-state index contributed by atoms with van der Waals surface area (Å²) < 4.78 is 16.6. The van der Waals surface area contributed by atoms with Gasteiger partial charge in [0.1, 0.15) is 6.10 Å². The molecular weight excluding hydrogens is 440 g/mol. The van der Waals surface area contributed by atoms with E-state index in [-0.39, 0.29) is 29.6 Å². The Labute approximate surface area is 199 Å². The number of methoxy groups -OCH3 is 1. The van der Waals surface area contributed by atoms with Crippen LogP contribution < -0.4 is 19.9 Å². The highest BCUT2D eigenvalue weighted by atomic mass is 16.7. The van der Waals surface area contributed by atoms with E-state index >= 15 is 0 Å². The van der Waals surface area contributed by atoms with E-state index in [4.69, 9.17) is 19.0 Å². The molecule has 0 spiro atoms. The summed E-state index contributed by atoms with van der Waals surface area (Å²) >= 11 is 0. The predicted molar refractivity (Wildman–Crippen MR) is 125 cm³/mol. The Morgan fingerprint density at radius 1 is 1.15 bits per heavy atom. The highest BCUT2D eigenvalue weighted by Gasteiger charge is 2.34. The van der Waals surface area contributed by atoms with Gasteiger partial charge in [0.25, 0.3) is 0 Å². The maximum absolute atomic E-state index is 12.6. The van der Waals surface area contributed by atoms with Gasteiger partial charge in [-0.2, -0.15) is 0 Å². The van der Waals surface area contributed by atoms with Crippen LogP contribution in [0.1, 0.15) is 54.9 Å². The van der Waals surface area contributed by atoms with Gasteiger partial charge in [0.05, 0.1) is 25.3 Å². The molecule has 0 aliphatic heterocycles. The molecule has 1 aromatic heterocycles. The van der Waals surface area contributed by atoms with E-state index < -0.39 is 5.97 Å². The number of hydroxylamine groups is 1. The van der Waals surface area contributed by atoms with E-state index in [1.54, 1.807) is 12.0 Å². The van der Waals surface area contributed by atoms with Gasteiger partial charge in [-0.15, -0.1) is 5.48 Å². The van der Waals surface area contributed by atoms with Crippen molar-refractivity contribution in [1.29, 1.82) is 0 Å². The molecule has 1 aromatic carbocycles. The Morgan fingerprint density at radius 3 is 2.50 bits per heavy atom. The van der Waals surface area contributed by atoms with E-state index in [1.807, 2.05) is 39.2 Å². The molecule has 0 radical (unpaired) electrons. The molecule has 10 nitrogen and oxygen atoms in total. The fourth-order valence-corrected chi connectivity index (χ4v) is 4.02. The van der Waals surface area contributed by atoms with Crippen LogP contribution in [-0.2, 0) is 14.4 Å². The summed E-state index contributed by atoms with van der Waals surface area (Å²) in [4.78, 5) is 39.6. The molecule has 2 aromatic rings. The third kappa shape index (κ3) is 6.34. The SMILES string of the molecule is CCOc1cc([C@H]2C[C@H](OC(C)=O)CC[C@H]2NOC(=O)c2cnc(N(C)C)nc2)ccc1OC. The van der Waals surface area contributed by atoms with Gasteiger partial charge in [-0.25, -0.2) is 14.8 Å². The standard InChI is InChI=1S/C24H32N4O6/c1-6-32-22-11-16(7-10-21(22)31-5)19-12-18(33-15(2)29)8-9-20(19)27-34-23(30)17-13-25-24(26-14-17)28(3)4/h7,10-11,13-14,18-20,27H,6,8-9,12H2,1-5H3/t18-,19-,20-/m1/s1. The highest BCUT2D eigenvalue weighted by molar-refractivity contribution is 5.88. The lowest BCUT2D eigenvalue weighted by Crippen LogP contribution is -2.42. The summed E-state index contributed by atoms with van der Waals surface area (Å²) in [6, 6.07) is 5.53. The summed E-state index contributed by atoms with van der Waals surface area (Å²) in [5.41, 5.74) is 4.14. The molecule has 3 atom stereocenters. The maximum atomic E-state index is 12.6. The van der Waals surface area contributed by atoms with Gasteiger partial charge in [-0.1, -0.05) is 6.07 Å². The van der Waals surface area contributed by atoms with Crippen LogP contribution in [0.15, 0.2) is 30.6 Å². The van der Waals surface area contributed by atoms with Crippen LogP contribution in [0.4, 0.5) is 5.95 Å². The van der Waals surface area contributed by atoms with Gasteiger partial charge < -0.3 is 23.9 Å². The van der Waals surface area contributed by atoms with E-state index in [0.717, 1.165) is 5.56 Å². The first-order valence-electron chi connectivity index (χ1n) is 11.3. The molecule has 1 heterocycles. The van der Waals surface area contributed by atoms with E-state index in [1.165, 1.54) is 19.3 Å². The lowest BCUT2D eigenvalue weighted by atomic mass is 9.79. The average molecular weight is 473 g/mol. The lowest BCUT2D eigenvalue weighted by Gasteiger charge is -2.36. The minimum atomic E-state index is -0.573. The van der Waals surface area contributed by atoms with Crippen molar-refractivity contribution in [2.45, 2.75) is 51.2 Å². The predicted octanol–water partition coefficient (Wildman–Crippen LogP) is 2.88. The van der Waals surface area contributed by atoms with Crippen LogP contribution in [0.5, 0.6) is 11.5 Å².